The molecule has 1 aromatic rings. The molecule has 0 saturated heterocycles. The predicted molar refractivity (Wildman–Crippen MR) is 71.4 cm³/mol. The molecule has 0 heterocycles. The largest absolute Gasteiger partial charge is 0.481 e. The van der Waals surface area contributed by atoms with Crippen LogP contribution in [0.3, 0.4) is 0 Å². The van der Waals surface area contributed by atoms with E-state index in [0.717, 1.165) is 12.0 Å². The standard InChI is InChI=1S/C15H19NO3/c1-16(10-11-6-3-2-4-7-11)14(17)12-8-5-9-13(12)15(18)19/h2-4,6-7,12-13H,5,8-10H2,1H3,(H,18,19). The SMILES string of the molecule is CN(Cc1ccccc1)C(=O)C1CCCC1C(=O)O. The summed E-state index contributed by atoms with van der Waals surface area (Å²) in [6.07, 6.45) is 2.13. The molecule has 4 nitrogen and oxygen atoms in total. The smallest absolute Gasteiger partial charge is 0.307 e. The summed E-state index contributed by atoms with van der Waals surface area (Å²) in [6.45, 7) is 0.530. The molecule has 2 atom stereocenters. The molecule has 1 N–H and O–H groups in total. The number of carboxylic acid groups (broad SMARTS) is 1. The first-order chi connectivity index (χ1) is 9.09. The number of nitrogens with zero attached hydrogens (tertiary/aromatic N) is 1. The number of amides is 1. The quantitative estimate of drug-likeness (QED) is 0.903. The first-order valence-corrected chi connectivity index (χ1v) is 6.61. The Morgan fingerprint density at radius 3 is 2.47 bits per heavy atom. The summed E-state index contributed by atoms with van der Waals surface area (Å²) < 4.78 is 0. The third-order valence-corrected chi connectivity index (χ3v) is 3.79. The topological polar surface area (TPSA) is 57.6 Å². The van der Waals surface area contributed by atoms with E-state index in [9.17, 15) is 9.59 Å². The molecule has 1 fully saturated rings. The maximum absolute atomic E-state index is 12.3. The van der Waals surface area contributed by atoms with Crippen molar-refractivity contribution in [3.8, 4) is 0 Å². The third-order valence-electron chi connectivity index (χ3n) is 3.79. The van der Waals surface area contributed by atoms with Gasteiger partial charge in [0.1, 0.15) is 0 Å². The summed E-state index contributed by atoms with van der Waals surface area (Å²) >= 11 is 0. The highest BCUT2D eigenvalue weighted by Crippen LogP contribution is 2.33. The number of carbonyl (C=O) groups excluding carboxylic acids is 1. The summed E-state index contributed by atoms with van der Waals surface area (Å²) in [5.74, 6) is -1.75. The lowest BCUT2D eigenvalue weighted by Gasteiger charge is -2.23. The van der Waals surface area contributed by atoms with Gasteiger partial charge in [-0.05, 0) is 18.4 Å². The van der Waals surface area contributed by atoms with Crippen molar-refractivity contribution in [3.05, 3.63) is 35.9 Å². The molecule has 0 radical (unpaired) electrons. The van der Waals surface area contributed by atoms with E-state index >= 15 is 0 Å². The molecule has 1 aromatic carbocycles. The number of aliphatic carboxylic acids is 1. The van der Waals surface area contributed by atoms with E-state index in [1.165, 1.54) is 0 Å². The molecule has 102 valence electrons. The van der Waals surface area contributed by atoms with Crippen molar-refractivity contribution < 1.29 is 14.7 Å². The van der Waals surface area contributed by atoms with Gasteiger partial charge in [0, 0.05) is 13.6 Å². The summed E-state index contributed by atoms with van der Waals surface area (Å²) in [5.41, 5.74) is 1.06. The number of rotatable bonds is 4. The number of carbonyl (C=O) groups is 2. The molecule has 1 aliphatic carbocycles. The first kappa shape index (κ1) is 13.6. The Bertz CT molecular complexity index is 458. The van der Waals surface area contributed by atoms with Crippen LogP contribution in [0.25, 0.3) is 0 Å². The van der Waals surface area contributed by atoms with E-state index in [4.69, 9.17) is 5.11 Å². The fraction of sp³-hybridized carbons (Fsp3) is 0.467. The summed E-state index contributed by atoms with van der Waals surface area (Å²) in [5, 5.41) is 9.13. The van der Waals surface area contributed by atoms with Gasteiger partial charge in [0.2, 0.25) is 5.91 Å². The molecule has 1 aliphatic rings. The number of carboxylic acids is 1. The van der Waals surface area contributed by atoms with Gasteiger partial charge >= 0.3 is 5.97 Å². The van der Waals surface area contributed by atoms with Crippen LogP contribution in [0.15, 0.2) is 30.3 Å². The predicted octanol–water partition coefficient (Wildman–Crippen LogP) is 2.15. The second-order valence-electron chi connectivity index (χ2n) is 5.16. The summed E-state index contributed by atoms with van der Waals surface area (Å²) in [4.78, 5) is 25.1. The van der Waals surface area contributed by atoms with Gasteiger partial charge in [0.05, 0.1) is 11.8 Å². The highest BCUT2D eigenvalue weighted by Gasteiger charge is 2.38. The minimum absolute atomic E-state index is 0.0475. The van der Waals surface area contributed by atoms with E-state index in [1.807, 2.05) is 30.3 Å². The van der Waals surface area contributed by atoms with Gasteiger partial charge < -0.3 is 10.0 Å². The van der Waals surface area contributed by atoms with Crippen molar-refractivity contribution in [2.45, 2.75) is 25.8 Å². The highest BCUT2D eigenvalue weighted by atomic mass is 16.4. The second kappa shape index (κ2) is 5.87. The lowest BCUT2D eigenvalue weighted by atomic mass is 9.95. The van der Waals surface area contributed by atoms with Crippen LogP contribution in [-0.4, -0.2) is 28.9 Å². The van der Waals surface area contributed by atoms with Gasteiger partial charge in [-0.3, -0.25) is 9.59 Å². The lowest BCUT2D eigenvalue weighted by molar-refractivity contribution is -0.148. The van der Waals surface area contributed by atoms with Crippen molar-refractivity contribution in [1.29, 1.82) is 0 Å². The van der Waals surface area contributed by atoms with Crippen LogP contribution in [-0.2, 0) is 16.1 Å². The molecule has 2 rings (SSSR count). The molecule has 1 amide bonds. The average Bonchev–Trinajstić information content (AvgIpc) is 2.88. The van der Waals surface area contributed by atoms with Crippen LogP contribution in [0.1, 0.15) is 24.8 Å². The van der Waals surface area contributed by atoms with E-state index in [-0.39, 0.29) is 11.8 Å². The van der Waals surface area contributed by atoms with Gasteiger partial charge in [-0.15, -0.1) is 0 Å². The van der Waals surface area contributed by atoms with E-state index in [2.05, 4.69) is 0 Å². The number of hydrogen-bond acceptors (Lipinski definition) is 2. The molecule has 4 heteroatoms. The zero-order valence-corrected chi connectivity index (χ0v) is 11.1. The second-order valence-corrected chi connectivity index (χ2v) is 5.16. The molecule has 19 heavy (non-hydrogen) atoms. The van der Waals surface area contributed by atoms with Crippen LogP contribution < -0.4 is 0 Å². The van der Waals surface area contributed by atoms with Gasteiger partial charge in [-0.2, -0.15) is 0 Å². The summed E-state index contributed by atoms with van der Waals surface area (Å²) in [7, 11) is 1.74. The number of benzene rings is 1. The molecule has 1 saturated carbocycles. The van der Waals surface area contributed by atoms with E-state index in [1.54, 1.807) is 11.9 Å². The Balaban J connectivity index is 2.01. The fourth-order valence-corrected chi connectivity index (χ4v) is 2.77. The number of hydrogen-bond donors (Lipinski definition) is 1. The Hall–Kier alpha value is -1.84. The van der Waals surface area contributed by atoms with Crippen molar-refractivity contribution in [2.24, 2.45) is 11.8 Å². The van der Waals surface area contributed by atoms with E-state index < -0.39 is 11.9 Å². The van der Waals surface area contributed by atoms with Crippen molar-refractivity contribution in [2.75, 3.05) is 7.05 Å². The maximum Gasteiger partial charge on any atom is 0.307 e. The zero-order chi connectivity index (χ0) is 13.8. The molecular weight excluding hydrogens is 242 g/mol. The Labute approximate surface area is 113 Å². The molecular formula is C15H19NO3. The van der Waals surface area contributed by atoms with Gasteiger partial charge in [0.25, 0.3) is 0 Å². The fourth-order valence-electron chi connectivity index (χ4n) is 2.77. The van der Waals surface area contributed by atoms with E-state index in [0.29, 0.717) is 19.4 Å². The van der Waals surface area contributed by atoms with Gasteiger partial charge in [-0.1, -0.05) is 36.8 Å². The first-order valence-electron chi connectivity index (χ1n) is 6.61. The van der Waals surface area contributed by atoms with Crippen molar-refractivity contribution >= 4 is 11.9 Å². The van der Waals surface area contributed by atoms with Crippen molar-refractivity contribution in [1.82, 2.24) is 4.90 Å². The minimum Gasteiger partial charge on any atom is -0.481 e. The monoisotopic (exact) mass is 261 g/mol. The minimum atomic E-state index is -0.844. The Morgan fingerprint density at radius 1 is 1.21 bits per heavy atom. The van der Waals surface area contributed by atoms with Gasteiger partial charge in [-0.25, -0.2) is 0 Å². The molecule has 0 aromatic heterocycles. The van der Waals surface area contributed by atoms with Crippen molar-refractivity contribution in [3.63, 3.8) is 0 Å². The van der Waals surface area contributed by atoms with Crippen LogP contribution in [0.2, 0.25) is 0 Å². The average molecular weight is 261 g/mol. The van der Waals surface area contributed by atoms with Crippen LogP contribution >= 0.6 is 0 Å². The normalized spacial score (nSPS) is 22.2. The highest BCUT2D eigenvalue weighted by molar-refractivity contribution is 5.85. The maximum atomic E-state index is 12.3. The lowest BCUT2D eigenvalue weighted by Crippen LogP contribution is -2.36. The zero-order valence-electron chi connectivity index (χ0n) is 11.1. The Kier molecular flexibility index (Phi) is 4.20. The molecule has 0 spiro atoms. The van der Waals surface area contributed by atoms with Crippen LogP contribution in [0, 0.1) is 11.8 Å². The van der Waals surface area contributed by atoms with Gasteiger partial charge in [0.15, 0.2) is 0 Å². The Morgan fingerprint density at radius 2 is 1.84 bits per heavy atom. The molecule has 0 aliphatic heterocycles. The molecule has 2 unspecified atom stereocenters. The molecule has 0 bridgehead atoms. The van der Waals surface area contributed by atoms with Crippen LogP contribution in [0.4, 0.5) is 0 Å². The summed E-state index contributed by atoms with van der Waals surface area (Å²) in [6, 6.07) is 9.73. The van der Waals surface area contributed by atoms with Crippen LogP contribution in [0.5, 0.6) is 0 Å². The third kappa shape index (κ3) is 3.13.